The van der Waals surface area contributed by atoms with E-state index in [2.05, 4.69) is 32.2 Å². The Balaban J connectivity index is 2.45. The van der Waals surface area contributed by atoms with E-state index in [1.807, 2.05) is 0 Å². The smallest absolute Gasteiger partial charge is 0.280 e. The van der Waals surface area contributed by atoms with E-state index in [0.717, 1.165) is 0 Å². The Kier molecular flexibility index (Phi) is 3.29. The van der Waals surface area contributed by atoms with Gasteiger partial charge in [-0.05, 0) is 0 Å². The molecule has 0 atom stereocenters. The maximum atomic E-state index is 11.5. The highest BCUT2D eigenvalue weighted by Crippen LogP contribution is 2.24. The SMILES string of the molecule is C=CCNc1ncnc2sc(C(=O)NC)nc12. The van der Waals surface area contributed by atoms with Crippen LogP contribution < -0.4 is 10.6 Å². The highest BCUT2D eigenvalue weighted by atomic mass is 32.1. The Morgan fingerprint density at radius 3 is 3.12 bits per heavy atom. The molecule has 0 spiro atoms. The molecule has 88 valence electrons. The van der Waals surface area contributed by atoms with Gasteiger partial charge in [0.1, 0.15) is 16.7 Å². The largest absolute Gasteiger partial charge is 0.365 e. The summed E-state index contributed by atoms with van der Waals surface area (Å²) in [6, 6.07) is 0. The first-order valence-corrected chi connectivity index (χ1v) is 5.76. The van der Waals surface area contributed by atoms with Gasteiger partial charge in [-0.1, -0.05) is 17.4 Å². The van der Waals surface area contributed by atoms with Crippen molar-refractivity contribution in [2.45, 2.75) is 0 Å². The maximum Gasteiger partial charge on any atom is 0.280 e. The predicted octanol–water partition coefficient (Wildman–Crippen LogP) is 1.04. The number of amides is 1. The molecular formula is C10H11N5OS. The lowest BCUT2D eigenvalue weighted by molar-refractivity contribution is 0.0963. The molecule has 2 N–H and O–H groups in total. The molecule has 0 aliphatic heterocycles. The summed E-state index contributed by atoms with van der Waals surface area (Å²) in [5, 5.41) is 5.96. The Labute approximate surface area is 102 Å². The van der Waals surface area contributed by atoms with Gasteiger partial charge in [-0.25, -0.2) is 15.0 Å². The number of aromatic nitrogens is 3. The van der Waals surface area contributed by atoms with E-state index in [1.165, 1.54) is 17.7 Å². The number of carbonyl (C=O) groups is 1. The van der Waals surface area contributed by atoms with E-state index in [0.29, 0.717) is 27.7 Å². The Bertz CT molecular complexity index is 565. The molecule has 17 heavy (non-hydrogen) atoms. The zero-order valence-corrected chi connectivity index (χ0v) is 10.0. The molecule has 0 saturated carbocycles. The molecule has 1 amide bonds. The quantitative estimate of drug-likeness (QED) is 0.791. The molecule has 6 nitrogen and oxygen atoms in total. The van der Waals surface area contributed by atoms with E-state index in [9.17, 15) is 4.79 Å². The van der Waals surface area contributed by atoms with Gasteiger partial charge in [-0.2, -0.15) is 0 Å². The summed E-state index contributed by atoms with van der Waals surface area (Å²) in [5.74, 6) is 0.393. The van der Waals surface area contributed by atoms with Crippen LogP contribution in [0.25, 0.3) is 10.3 Å². The summed E-state index contributed by atoms with van der Waals surface area (Å²) in [5.41, 5.74) is 0.609. The van der Waals surface area contributed by atoms with Crippen molar-refractivity contribution in [2.75, 3.05) is 18.9 Å². The second-order valence-electron chi connectivity index (χ2n) is 3.14. The van der Waals surface area contributed by atoms with Crippen molar-refractivity contribution in [1.82, 2.24) is 20.3 Å². The fraction of sp³-hybridized carbons (Fsp3) is 0.200. The van der Waals surface area contributed by atoms with Crippen molar-refractivity contribution < 1.29 is 4.79 Å². The standard InChI is InChI=1S/C10H11N5OS/c1-3-4-12-7-6-9(14-5-13-7)17-10(15-6)8(16)11-2/h3,5H,1,4H2,2H3,(H,11,16)(H,12,13,14). The molecule has 2 rings (SSSR count). The van der Waals surface area contributed by atoms with Crippen LogP contribution >= 0.6 is 11.3 Å². The van der Waals surface area contributed by atoms with Crippen LogP contribution in [0.3, 0.4) is 0 Å². The summed E-state index contributed by atoms with van der Waals surface area (Å²) in [6.45, 7) is 4.20. The van der Waals surface area contributed by atoms with Crippen LogP contribution in [0.1, 0.15) is 9.80 Å². The predicted molar refractivity (Wildman–Crippen MR) is 67.3 cm³/mol. The molecule has 0 saturated heterocycles. The average molecular weight is 249 g/mol. The highest BCUT2D eigenvalue weighted by molar-refractivity contribution is 7.19. The third kappa shape index (κ3) is 2.23. The van der Waals surface area contributed by atoms with E-state index < -0.39 is 0 Å². The second kappa shape index (κ2) is 4.88. The highest BCUT2D eigenvalue weighted by Gasteiger charge is 2.14. The van der Waals surface area contributed by atoms with Gasteiger partial charge >= 0.3 is 0 Å². The third-order valence-corrected chi connectivity index (χ3v) is 2.99. The molecule has 0 aliphatic carbocycles. The summed E-state index contributed by atoms with van der Waals surface area (Å²) < 4.78 is 0. The van der Waals surface area contributed by atoms with Crippen molar-refractivity contribution in [3.63, 3.8) is 0 Å². The molecule has 2 heterocycles. The fourth-order valence-corrected chi connectivity index (χ4v) is 2.11. The van der Waals surface area contributed by atoms with Crippen molar-refractivity contribution in [1.29, 1.82) is 0 Å². The minimum atomic E-state index is -0.220. The number of hydrogen-bond acceptors (Lipinski definition) is 6. The van der Waals surface area contributed by atoms with Gasteiger partial charge in [0.05, 0.1) is 0 Å². The molecule has 0 aromatic carbocycles. The fourth-order valence-electron chi connectivity index (χ4n) is 1.26. The normalized spacial score (nSPS) is 10.2. The van der Waals surface area contributed by atoms with Crippen LogP contribution in [-0.2, 0) is 0 Å². The van der Waals surface area contributed by atoms with Crippen LogP contribution in [0.2, 0.25) is 0 Å². The first-order valence-electron chi connectivity index (χ1n) is 4.94. The first kappa shape index (κ1) is 11.5. The van der Waals surface area contributed by atoms with Gasteiger partial charge in [0.25, 0.3) is 5.91 Å². The lowest BCUT2D eigenvalue weighted by Crippen LogP contribution is -2.17. The first-order chi connectivity index (χ1) is 8.26. The van der Waals surface area contributed by atoms with Crippen molar-refractivity contribution >= 4 is 33.4 Å². The van der Waals surface area contributed by atoms with Crippen molar-refractivity contribution in [3.8, 4) is 0 Å². The summed E-state index contributed by atoms with van der Waals surface area (Å²) >= 11 is 1.24. The minimum absolute atomic E-state index is 0.220. The molecule has 2 aromatic heterocycles. The third-order valence-electron chi connectivity index (χ3n) is 2.03. The monoisotopic (exact) mass is 249 g/mol. The molecular weight excluding hydrogens is 238 g/mol. The zero-order chi connectivity index (χ0) is 12.3. The van der Waals surface area contributed by atoms with Gasteiger partial charge in [-0.15, -0.1) is 6.58 Å². The Hall–Kier alpha value is -2.02. The van der Waals surface area contributed by atoms with Gasteiger partial charge in [0, 0.05) is 13.6 Å². The number of carbonyl (C=O) groups excluding carboxylic acids is 1. The number of hydrogen-bond donors (Lipinski definition) is 2. The number of anilines is 1. The van der Waals surface area contributed by atoms with Gasteiger partial charge < -0.3 is 10.6 Å². The number of rotatable bonds is 4. The van der Waals surface area contributed by atoms with Crippen molar-refractivity contribution in [2.24, 2.45) is 0 Å². The number of thiazole rings is 1. The zero-order valence-electron chi connectivity index (χ0n) is 9.23. The lowest BCUT2D eigenvalue weighted by Gasteiger charge is -2.00. The minimum Gasteiger partial charge on any atom is -0.365 e. The topological polar surface area (TPSA) is 79.8 Å². The molecule has 0 unspecified atom stereocenters. The summed E-state index contributed by atoms with van der Waals surface area (Å²) in [7, 11) is 1.57. The Morgan fingerprint density at radius 2 is 2.41 bits per heavy atom. The van der Waals surface area contributed by atoms with E-state index in [1.54, 1.807) is 13.1 Å². The number of nitrogens with one attached hydrogen (secondary N) is 2. The van der Waals surface area contributed by atoms with E-state index >= 15 is 0 Å². The molecule has 0 aliphatic rings. The molecule has 0 radical (unpaired) electrons. The van der Waals surface area contributed by atoms with Crippen LogP contribution in [0.4, 0.5) is 5.82 Å². The molecule has 7 heteroatoms. The number of fused-ring (bicyclic) bond motifs is 1. The second-order valence-corrected chi connectivity index (χ2v) is 4.12. The molecule has 0 bridgehead atoms. The van der Waals surface area contributed by atoms with Crippen LogP contribution in [0.15, 0.2) is 19.0 Å². The number of nitrogens with zero attached hydrogens (tertiary/aromatic N) is 3. The van der Waals surface area contributed by atoms with Gasteiger partial charge in [-0.3, -0.25) is 4.79 Å². The average Bonchev–Trinajstić information content (AvgIpc) is 2.79. The van der Waals surface area contributed by atoms with E-state index in [-0.39, 0.29) is 5.91 Å². The van der Waals surface area contributed by atoms with Gasteiger partial charge in [0.2, 0.25) is 0 Å². The van der Waals surface area contributed by atoms with Crippen LogP contribution in [-0.4, -0.2) is 34.5 Å². The lowest BCUT2D eigenvalue weighted by atomic mass is 10.5. The Morgan fingerprint density at radius 1 is 1.59 bits per heavy atom. The summed E-state index contributed by atoms with van der Waals surface area (Å²) in [4.78, 5) is 24.5. The summed E-state index contributed by atoms with van der Waals surface area (Å²) in [6.07, 6.45) is 3.17. The van der Waals surface area contributed by atoms with Gasteiger partial charge in [0.15, 0.2) is 10.8 Å². The molecule has 2 aromatic rings. The van der Waals surface area contributed by atoms with Crippen LogP contribution in [0, 0.1) is 0 Å². The van der Waals surface area contributed by atoms with Crippen molar-refractivity contribution in [3.05, 3.63) is 24.0 Å². The van der Waals surface area contributed by atoms with E-state index in [4.69, 9.17) is 0 Å². The van der Waals surface area contributed by atoms with Crippen LogP contribution in [0.5, 0.6) is 0 Å². The maximum absolute atomic E-state index is 11.5. The molecule has 0 fully saturated rings.